The minimum Gasteiger partial charge on any atom is -0.494 e. The highest BCUT2D eigenvalue weighted by molar-refractivity contribution is 7.18. The van der Waals surface area contributed by atoms with Gasteiger partial charge in [-0.2, -0.15) is 0 Å². The van der Waals surface area contributed by atoms with Crippen molar-refractivity contribution in [1.29, 1.82) is 0 Å². The molecule has 1 saturated heterocycles. The number of nitrogens with zero attached hydrogens (tertiary/aromatic N) is 1. The van der Waals surface area contributed by atoms with Gasteiger partial charge in [0.15, 0.2) is 0 Å². The van der Waals surface area contributed by atoms with Crippen LogP contribution in [0.2, 0.25) is 0 Å². The summed E-state index contributed by atoms with van der Waals surface area (Å²) in [6.45, 7) is 4.10. The summed E-state index contributed by atoms with van der Waals surface area (Å²) >= 11 is 1.67. The summed E-state index contributed by atoms with van der Waals surface area (Å²) < 4.78 is 12.0. The Bertz CT molecular complexity index is 576. The number of ether oxygens (including phenoxy) is 2. The van der Waals surface area contributed by atoms with Crippen LogP contribution in [-0.4, -0.2) is 24.8 Å². The van der Waals surface area contributed by atoms with E-state index in [4.69, 9.17) is 20.2 Å². The fourth-order valence-corrected chi connectivity index (χ4v) is 3.48. The first-order valence-corrected chi connectivity index (χ1v) is 7.43. The molecule has 0 amide bonds. The Balaban J connectivity index is 1.96. The number of benzene rings is 1. The zero-order valence-corrected chi connectivity index (χ0v) is 11.8. The average molecular weight is 278 g/mol. The molecule has 0 bridgehead atoms. The van der Waals surface area contributed by atoms with Gasteiger partial charge in [-0.3, -0.25) is 0 Å². The van der Waals surface area contributed by atoms with E-state index in [1.807, 2.05) is 25.1 Å². The fraction of sp³-hybridized carbons (Fsp3) is 0.500. The SMILES string of the molecule is CCOc1ccc2nc(C3(N)CCOCC3)sc2c1. The molecular weight excluding hydrogens is 260 g/mol. The monoisotopic (exact) mass is 278 g/mol. The van der Waals surface area contributed by atoms with Gasteiger partial charge in [-0.25, -0.2) is 4.98 Å². The molecule has 19 heavy (non-hydrogen) atoms. The molecule has 0 atom stereocenters. The molecule has 1 aromatic heterocycles. The Morgan fingerprint density at radius 3 is 2.95 bits per heavy atom. The van der Waals surface area contributed by atoms with Crippen LogP contribution in [0, 0.1) is 0 Å². The van der Waals surface area contributed by atoms with Crippen LogP contribution in [-0.2, 0) is 10.3 Å². The molecular formula is C14H18N2O2S. The van der Waals surface area contributed by atoms with E-state index in [-0.39, 0.29) is 5.54 Å². The lowest BCUT2D eigenvalue weighted by Gasteiger charge is -2.31. The maximum atomic E-state index is 6.48. The number of hydrogen-bond acceptors (Lipinski definition) is 5. The van der Waals surface area contributed by atoms with Crippen molar-refractivity contribution in [1.82, 2.24) is 4.98 Å². The third kappa shape index (κ3) is 2.45. The molecule has 1 aliphatic heterocycles. The second-order valence-corrected chi connectivity index (χ2v) is 5.88. The van der Waals surface area contributed by atoms with Gasteiger partial charge in [-0.15, -0.1) is 11.3 Å². The lowest BCUT2D eigenvalue weighted by molar-refractivity contribution is 0.0522. The van der Waals surface area contributed by atoms with Gasteiger partial charge < -0.3 is 15.2 Å². The Morgan fingerprint density at radius 1 is 1.42 bits per heavy atom. The minimum atomic E-state index is -0.326. The van der Waals surface area contributed by atoms with E-state index >= 15 is 0 Å². The summed E-state index contributed by atoms with van der Waals surface area (Å²) in [5.41, 5.74) is 7.15. The second-order valence-electron chi connectivity index (χ2n) is 4.85. The molecule has 1 aromatic carbocycles. The molecule has 4 nitrogen and oxygen atoms in total. The lowest BCUT2D eigenvalue weighted by atomic mass is 9.92. The Kier molecular flexibility index (Phi) is 3.43. The quantitative estimate of drug-likeness (QED) is 0.937. The number of thiazole rings is 1. The third-order valence-electron chi connectivity index (χ3n) is 3.48. The van der Waals surface area contributed by atoms with Gasteiger partial charge in [0.05, 0.1) is 22.4 Å². The highest BCUT2D eigenvalue weighted by Gasteiger charge is 2.33. The van der Waals surface area contributed by atoms with Gasteiger partial charge in [0.25, 0.3) is 0 Å². The molecule has 0 spiro atoms. The number of hydrogen-bond donors (Lipinski definition) is 1. The average Bonchev–Trinajstić information content (AvgIpc) is 2.84. The number of aromatic nitrogens is 1. The Morgan fingerprint density at radius 2 is 2.21 bits per heavy atom. The summed E-state index contributed by atoms with van der Waals surface area (Å²) in [7, 11) is 0. The molecule has 2 heterocycles. The highest BCUT2D eigenvalue weighted by Crippen LogP contribution is 2.36. The minimum absolute atomic E-state index is 0.326. The summed E-state index contributed by atoms with van der Waals surface area (Å²) in [5, 5.41) is 1.01. The summed E-state index contributed by atoms with van der Waals surface area (Å²) in [6, 6.07) is 6.01. The van der Waals surface area contributed by atoms with Crippen molar-refractivity contribution in [2.75, 3.05) is 19.8 Å². The largest absolute Gasteiger partial charge is 0.494 e. The number of fused-ring (bicyclic) bond motifs is 1. The van der Waals surface area contributed by atoms with E-state index in [1.165, 1.54) is 0 Å². The summed E-state index contributed by atoms with van der Waals surface area (Å²) in [6.07, 6.45) is 1.68. The highest BCUT2D eigenvalue weighted by atomic mass is 32.1. The van der Waals surface area contributed by atoms with Gasteiger partial charge in [0, 0.05) is 13.2 Å². The zero-order valence-electron chi connectivity index (χ0n) is 11.0. The van der Waals surface area contributed by atoms with Crippen LogP contribution in [0.3, 0.4) is 0 Å². The topological polar surface area (TPSA) is 57.4 Å². The first kappa shape index (κ1) is 12.8. The van der Waals surface area contributed by atoms with Crippen LogP contribution in [0.5, 0.6) is 5.75 Å². The maximum absolute atomic E-state index is 6.48. The van der Waals surface area contributed by atoms with Crippen LogP contribution in [0.1, 0.15) is 24.8 Å². The first-order chi connectivity index (χ1) is 9.21. The molecule has 1 fully saturated rings. The molecule has 102 valence electrons. The van der Waals surface area contributed by atoms with E-state index < -0.39 is 0 Å². The molecule has 2 aromatic rings. The van der Waals surface area contributed by atoms with Crippen LogP contribution in [0.15, 0.2) is 18.2 Å². The van der Waals surface area contributed by atoms with Gasteiger partial charge >= 0.3 is 0 Å². The van der Waals surface area contributed by atoms with Crippen molar-refractivity contribution < 1.29 is 9.47 Å². The molecule has 5 heteroatoms. The molecule has 3 rings (SSSR count). The lowest BCUT2D eigenvalue weighted by Crippen LogP contribution is -2.42. The van der Waals surface area contributed by atoms with Crippen molar-refractivity contribution in [2.24, 2.45) is 5.73 Å². The molecule has 0 unspecified atom stereocenters. The molecule has 0 radical (unpaired) electrons. The standard InChI is InChI=1S/C14H18N2O2S/c1-2-18-10-3-4-11-12(9-10)19-13(16-11)14(15)5-7-17-8-6-14/h3-4,9H,2,5-8,15H2,1H3. The van der Waals surface area contributed by atoms with Crippen LogP contribution in [0.25, 0.3) is 10.2 Å². The predicted molar refractivity (Wildman–Crippen MR) is 76.7 cm³/mol. The summed E-state index contributed by atoms with van der Waals surface area (Å²) in [4.78, 5) is 4.69. The van der Waals surface area contributed by atoms with Gasteiger partial charge in [0.2, 0.25) is 0 Å². The fourth-order valence-electron chi connectivity index (χ4n) is 2.32. The van der Waals surface area contributed by atoms with E-state index in [0.29, 0.717) is 6.61 Å². The second kappa shape index (κ2) is 5.07. The van der Waals surface area contributed by atoms with Crippen molar-refractivity contribution >= 4 is 21.6 Å². The Hall–Kier alpha value is -1.17. The Labute approximate surface area is 116 Å². The number of nitrogens with two attached hydrogens (primary N) is 1. The van der Waals surface area contributed by atoms with E-state index in [0.717, 1.165) is 47.0 Å². The maximum Gasteiger partial charge on any atom is 0.120 e. The summed E-state index contributed by atoms with van der Waals surface area (Å²) in [5.74, 6) is 0.892. The van der Waals surface area contributed by atoms with Gasteiger partial charge in [-0.05, 0) is 38.0 Å². The van der Waals surface area contributed by atoms with E-state index in [9.17, 15) is 0 Å². The van der Waals surface area contributed by atoms with Gasteiger partial charge in [0.1, 0.15) is 10.8 Å². The van der Waals surface area contributed by atoms with Crippen LogP contribution >= 0.6 is 11.3 Å². The number of rotatable bonds is 3. The van der Waals surface area contributed by atoms with Crippen LogP contribution in [0.4, 0.5) is 0 Å². The van der Waals surface area contributed by atoms with Crippen molar-refractivity contribution in [3.05, 3.63) is 23.2 Å². The van der Waals surface area contributed by atoms with Crippen molar-refractivity contribution in [2.45, 2.75) is 25.3 Å². The molecule has 2 N–H and O–H groups in total. The normalized spacial score (nSPS) is 18.6. The van der Waals surface area contributed by atoms with E-state index in [2.05, 4.69) is 0 Å². The molecule has 0 saturated carbocycles. The third-order valence-corrected chi connectivity index (χ3v) is 4.72. The van der Waals surface area contributed by atoms with Crippen molar-refractivity contribution in [3.8, 4) is 5.75 Å². The van der Waals surface area contributed by atoms with Gasteiger partial charge in [-0.1, -0.05) is 0 Å². The molecule has 0 aliphatic carbocycles. The van der Waals surface area contributed by atoms with E-state index in [1.54, 1.807) is 11.3 Å². The van der Waals surface area contributed by atoms with Crippen LogP contribution < -0.4 is 10.5 Å². The first-order valence-electron chi connectivity index (χ1n) is 6.62. The molecule has 1 aliphatic rings. The zero-order chi connectivity index (χ0) is 13.3. The smallest absolute Gasteiger partial charge is 0.120 e. The predicted octanol–water partition coefficient (Wildman–Crippen LogP) is 2.66. The van der Waals surface area contributed by atoms with Crippen molar-refractivity contribution in [3.63, 3.8) is 0 Å².